The van der Waals surface area contributed by atoms with Gasteiger partial charge in [0.2, 0.25) is 11.8 Å². The topological polar surface area (TPSA) is 105 Å². The quantitative estimate of drug-likeness (QED) is 0.392. The predicted octanol–water partition coefficient (Wildman–Crippen LogP) is 3.25. The van der Waals surface area contributed by atoms with Crippen LogP contribution in [0, 0.1) is 0 Å². The van der Waals surface area contributed by atoms with Gasteiger partial charge in [0.25, 0.3) is 10.0 Å². The molecule has 0 saturated carbocycles. The number of nitrogens with one attached hydrogen (secondary N) is 1. The van der Waals surface area contributed by atoms with Crippen LogP contribution in [0.15, 0.2) is 83.8 Å². The molecular weight excluding hydrogens is 518 g/mol. The van der Waals surface area contributed by atoms with Gasteiger partial charge in [0.15, 0.2) is 11.5 Å². The third-order valence-electron chi connectivity index (χ3n) is 6.43. The lowest BCUT2D eigenvalue weighted by molar-refractivity contribution is -0.138. The largest absolute Gasteiger partial charge is 0.486 e. The van der Waals surface area contributed by atoms with Crippen molar-refractivity contribution in [3.05, 3.63) is 84.4 Å². The van der Waals surface area contributed by atoms with E-state index in [1.165, 1.54) is 17.0 Å². The smallest absolute Gasteiger partial charge is 0.264 e. The summed E-state index contributed by atoms with van der Waals surface area (Å²) in [6, 6.07) is 21.5. The van der Waals surface area contributed by atoms with Gasteiger partial charge >= 0.3 is 0 Å². The molecule has 3 aromatic carbocycles. The van der Waals surface area contributed by atoms with Crippen molar-refractivity contribution in [2.45, 2.75) is 31.2 Å². The van der Waals surface area contributed by atoms with E-state index in [2.05, 4.69) is 5.32 Å². The Labute approximate surface area is 229 Å². The fraction of sp³-hybridized carbons (Fsp3) is 0.310. The molecule has 0 unspecified atom stereocenters. The van der Waals surface area contributed by atoms with Crippen molar-refractivity contribution in [2.24, 2.45) is 0 Å². The lowest BCUT2D eigenvalue weighted by Gasteiger charge is -2.32. The molecule has 206 valence electrons. The first kappa shape index (κ1) is 28.0. The highest BCUT2D eigenvalue weighted by Gasteiger charge is 2.32. The van der Waals surface area contributed by atoms with Crippen LogP contribution in [0.4, 0.5) is 5.69 Å². The van der Waals surface area contributed by atoms with Crippen molar-refractivity contribution in [3.8, 4) is 11.5 Å². The Balaban J connectivity index is 1.69. The number of sulfonamides is 1. The molecular formula is C29H33N3O6S. The van der Waals surface area contributed by atoms with E-state index in [1.54, 1.807) is 50.2 Å². The van der Waals surface area contributed by atoms with Crippen LogP contribution in [0.3, 0.4) is 0 Å². The summed E-state index contributed by atoms with van der Waals surface area (Å²) in [6.07, 6.45) is 0.506. The van der Waals surface area contributed by atoms with Crippen LogP contribution < -0.4 is 19.1 Å². The second-order valence-electron chi connectivity index (χ2n) is 9.05. The van der Waals surface area contributed by atoms with Crippen molar-refractivity contribution < 1.29 is 27.5 Å². The summed E-state index contributed by atoms with van der Waals surface area (Å²) in [6.45, 7) is 4.32. The SMILES string of the molecule is CCNC(=O)[C@H](C)N(CCc1ccccc1)C(=O)CN(c1ccc2c(c1)OCCO2)S(=O)(=O)c1ccccc1. The molecule has 39 heavy (non-hydrogen) atoms. The van der Waals surface area contributed by atoms with Crippen LogP contribution >= 0.6 is 0 Å². The third-order valence-corrected chi connectivity index (χ3v) is 8.21. The number of benzene rings is 3. The van der Waals surface area contributed by atoms with Crippen LogP contribution in [0.2, 0.25) is 0 Å². The molecule has 0 bridgehead atoms. The molecule has 1 N–H and O–H groups in total. The van der Waals surface area contributed by atoms with E-state index < -0.39 is 28.5 Å². The number of nitrogens with zero attached hydrogens (tertiary/aromatic N) is 2. The summed E-state index contributed by atoms with van der Waals surface area (Å²) in [4.78, 5) is 28.1. The van der Waals surface area contributed by atoms with E-state index in [1.807, 2.05) is 30.3 Å². The first-order valence-electron chi connectivity index (χ1n) is 12.9. The second-order valence-corrected chi connectivity index (χ2v) is 10.9. The minimum Gasteiger partial charge on any atom is -0.486 e. The highest BCUT2D eigenvalue weighted by Crippen LogP contribution is 2.35. The molecule has 0 saturated heterocycles. The number of fused-ring (bicyclic) bond motifs is 1. The maximum absolute atomic E-state index is 13.8. The normalized spacial score (nSPS) is 13.3. The van der Waals surface area contributed by atoms with Crippen molar-refractivity contribution in [2.75, 3.05) is 37.2 Å². The number of likely N-dealkylation sites (N-methyl/N-ethyl adjacent to an activating group) is 1. The lowest BCUT2D eigenvalue weighted by Crippen LogP contribution is -2.52. The van der Waals surface area contributed by atoms with Gasteiger partial charge in [0.05, 0.1) is 10.6 Å². The molecule has 1 heterocycles. The van der Waals surface area contributed by atoms with E-state index in [9.17, 15) is 18.0 Å². The molecule has 4 rings (SSSR count). The summed E-state index contributed by atoms with van der Waals surface area (Å²) in [5.74, 6) is 0.0913. The Bertz CT molecular complexity index is 1380. The Hall–Kier alpha value is -4.05. The van der Waals surface area contributed by atoms with Crippen molar-refractivity contribution in [1.29, 1.82) is 0 Å². The molecule has 0 radical (unpaired) electrons. The molecule has 9 nitrogen and oxygen atoms in total. The fourth-order valence-electron chi connectivity index (χ4n) is 4.33. The summed E-state index contributed by atoms with van der Waals surface area (Å²) in [5, 5.41) is 2.76. The Morgan fingerprint density at radius 1 is 0.923 bits per heavy atom. The van der Waals surface area contributed by atoms with Gasteiger partial charge in [-0.05, 0) is 50.1 Å². The second kappa shape index (κ2) is 12.7. The van der Waals surface area contributed by atoms with Crippen molar-refractivity contribution >= 4 is 27.5 Å². The van der Waals surface area contributed by atoms with E-state index in [-0.39, 0.29) is 23.0 Å². The van der Waals surface area contributed by atoms with Gasteiger partial charge < -0.3 is 19.7 Å². The van der Waals surface area contributed by atoms with E-state index in [4.69, 9.17) is 9.47 Å². The molecule has 3 aromatic rings. The predicted molar refractivity (Wildman–Crippen MR) is 148 cm³/mol. The minimum atomic E-state index is -4.14. The molecule has 0 aromatic heterocycles. The zero-order valence-electron chi connectivity index (χ0n) is 22.1. The minimum absolute atomic E-state index is 0.0419. The highest BCUT2D eigenvalue weighted by molar-refractivity contribution is 7.92. The maximum atomic E-state index is 13.8. The molecule has 0 spiro atoms. The summed E-state index contributed by atoms with van der Waals surface area (Å²) in [7, 11) is -4.14. The number of ether oxygens (including phenoxy) is 2. The first-order chi connectivity index (χ1) is 18.8. The monoisotopic (exact) mass is 551 g/mol. The number of rotatable bonds is 11. The average Bonchev–Trinajstić information content (AvgIpc) is 2.96. The molecule has 1 atom stereocenters. The number of hydrogen-bond acceptors (Lipinski definition) is 6. The van der Waals surface area contributed by atoms with E-state index in [0.29, 0.717) is 37.7 Å². The van der Waals surface area contributed by atoms with Crippen LogP contribution in [0.25, 0.3) is 0 Å². The Kier molecular flexibility index (Phi) is 9.08. The molecule has 1 aliphatic heterocycles. The molecule has 10 heteroatoms. The van der Waals surface area contributed by atoms with E-state index in [0.717, 1.165) is 9.87 Å². The number of carbonyl (C=O) groups excluding carboxylic acids is 2. The lowest BCUT2D eigenvalue weighted by atomic mass is 10.1. The molecule has 1 aliphatic rings. The van der Waals surface area contributed by atoms with Crippen LogP contribution in [0.5, 0.6) is 11.5 Å². The number of amides is 2. The maximum Gasteiger partial charge on any atom is 0.264 e. The zero-order chi connectivity index (χ0) is 27.8. The fourth-order valence-corrected chi connectivity index (χ4v) is 5.75. The van der Waals surface area contributed by atoms with Crippen molar-refractivity contribution in [1.82, 2.24) is 10.2 Å². The highest BCUT2D eigenvalue weighted by atomic mass is 32.2. The first-order valence-corrected chi connectivity index (χ1v) is 14.3. The van der Waals surface area contributed by atoms with Crippen LogP contribution in [-0.4, -0.2) is 64.0 Å². The van der Waals surface area contributed by atoms with Gasteiger partial charge in [-0.3, -0.25) is 13.9 Å². The van der Waals surface area contributed by atoms with Gasteiger partial charge in [-0.1, -0.05) is 48.5 Å². The van der Waals surface area contributed by atoms with Crippen LogP contribution in [-0.2, 0) is 26.0 Å². The summed E-state index contributed by atoms with van der Waals surface area (Å²) < 4.78 is 40.0. The van der Waals surface area contributed by atoms with Gasteiger partial charge in [0.1, 0.15) is 25.8 Å². The average molecular weight is 552 g/mol. The van der Waals surface area contributed by atoms with Gasteiger partial charge in [0, 0.05) is 19.2 Å². The zero-order valence-corrected chi connectivity index (χ0v) is 22.9. The number of anilines is 1. The summed E-state index contributed by atoms with van der Waals surface area (Å²) >= 11 is 0. The standard InChI is InChI=1S/C29H33N3O6S/c1-3-30-29(34)22(2)31(17-16-23-10-6-4-7-11-23)28(33)21-32(39(35,36)25-12-8-5-9-13-25)24-14-15-26-27(20-24)38-19-18-37-26/h4-15,20,22H,3,16-19,21H2,1-2H3,(H,30,34)/t22-/m0/s1. The molecule has 0 aliphatic carbocycles. The van der Waals surface area contributed by atoms with Gasteiger partial charge in [-0.25, -0.2) is 8.42 Å². The Morgan fingerprint density at radius 3 is 2.23 bits per heavy atom. The number of hydrogen-bond donors (Lipinski definition) is 1. The summed E-state index contributed by atoms with van der Waals surface area (Å²) in [5.41, 5.74) is 1.25. The van der Waals surface area contributed by atoms with Gasteiger partial charge in [-0.2, -0.15) is 0 Å². The van der Waals surface area contributed by atoms with Gasteiger partial charge in [-0.15, -0.1) is 0 Å². The molecule has 2 amide bonds. The van der Waals surface area contributed by atoms with Crippen molar-refractivity contribution in [3.63, 3.8) is 0 Å². The number of carbonyl (C=O) groups is 2. The molecule has 0 fully saturated rings. The van der Waals surface area contributed by atoms with Crippen LogP contribution in [0.1, 0.15) is 19.4 Å². The third kappa shape index (κ3) is 6.69. The Morgan fingerprint density at radius 2 is 1.56 bits per heavy atom. The van der Waals surface area contributed by atoms with E-state index >= 15 is 0 Å².